The molecule has 5 heteroatoms. The Morgan fingerprint density at radius 1 is 1.12 bits per heavy atom. The SMILES string of the molecule is COc1ccc(NC(=O)CC(c2ccccc2)n2cccc2)cc1Cl. The van der Waals surface area contributed by atoms with Crippen molar-refractivity contribution in [2.45, 2.75) is 12.5 Å². The number of nitrogens with one attached hydrogen (secondary N) is 1. The van der Waals surface area contributed by atoms with Crippen molar-refractivity contribution >= 4 is 23.2 Å². The first kappa shape index (κ1) is 17.1. The molecular weight excluding hydrogens is 336 g/mol. The van der Waals surface area contributed by atoms with Gasteiger partial charge >= 0.3 is 0 Å². The predicted octanol–water partition coefficient (Wildman–Crippen LogP) is 4.77. The van der Waals surface area contributed by atoms with E-state index in [9.17, 15) is 4.79 Å². The number of halogens is 1. The van der Waals surface area contributed by atoms with Crippen molar-refractivity contribution in [2.24, 2.45) is 0 Å². The zero-order chi connectivity index (χ0) is 17.6. The maximum absolute atomic E-state index is 12.6. The summed E-state index contributed by atoms with van der Waals surface area (Å²) < 4.78 is 7.17. The van der Waals surface area contributed by atoms with Gasteiger partial charge in [0.2, 0.25) is 5.91 Å². The molecule has 1 aromatic heterocycles. The number of methoxy groups -OCH3 is 1. The highest BCUT2D eigenvalue weighted by Crippen LogP contribution is 2.28. The number of carbonyl (C=O) groups excluding carboxylic acids is 1. The Balaban J connectivity index is 1.76. The molecule has 0 saturated carbocycles. The van der Waals surface area contributed by atoms with Crippen LogP contribution in [-0.2, 0) is 4.79 Å². The number of benzene rings is 2. The van der Waals surface area contributed by atoms with Crippen molar-refractivity contribution < 1.29 is 9.53 Å². The predicted molar refractivity (Wildman–Crippen MR) is 100 cm³/mol. The summed E-state index contributed by atoms with van der Waals surface area (Å²) in [7, 11) is 1.56. The first-order chi connectivity index (χ1) is 12.2. The molecule has 1 N–H and O–H groups in total. The standard InChI is InChI=1S/C20H19ClN2O2/c1-25-19-10-9-16(13-17(19)21)22-20(24)14-18(23-11-5-6-12-23)15-7-3-2-4-8-15/h2-13,18H,14H2,1H3,(H,22,24). The molecule has 0 radical (unpaired) electrons. The number of rotatable bonds is 6. The zero-order valence-electron chi connectivity index (χ0n) is 13.9. The van der Waals surface area contributed by atoms with E-state index in [1.54, 1.807) is 25.3 Å². The number of amides is 1. The second kappa shape index (κ2) is 7.90. The molecule has 3 rings (SSSR count). The number of anilines is 1. The first-order valence-electron chi connectivity index (χ1n) is 7.98. The van der Waals surface area contributed by atoms with Crippen LogP contribution in [-0.4, -0.2) is 17.6 Å². The van der Waals surface area contributed by atoms with Crippen molar-refractivity contribution in [2.75, 3.05) is 12.4 Å². The quantitative estimate of drug-likeness (QED) is 0.693. The molecule has 0 aliphatic heterocycles. The highest BCUT2D eigenvalue weighted by Gasteiger charge is 2.17. The van der Waals surface area contributed by atoms with Gasteiger partial charge in [-0.3, -0.25) is 4.79 Å². The van der Waals surface area contributed by atoms with E-state index in [0.29, 0.717) is 22.9 Å². The van der Waals surface area contributed by atoms with Gasteiger partial charge in [0, 0.05) is 18.1 Å². The van der Waals surface area contributed by atoms with Crippen LogP contribution < -0.4 is 10.1 Å². The topological polar surface area (TPSA) is 43.3 Å². The van der Waals surface area contributed by atoms with Crippen molar-refractivity contribution in [3.05, 3.63) is 83.6 Å². The van der Waals surface area contributed by atoms with Crippen LogP contribution in [0.5, 0.6) is 5.75 Å². The first-order valence-corrected chi connectivity index (χ1v) is 8.36. The highest BCUT2D eigenvalue weighted by molar-refractivity contribution is 6.32. The van der Waals surface area contributed by atoms with Gasteiger partial charge in [-0.05, 0) is 35.9 Å². The molecule has 0 fully saturated rings. The van der Waals surface area contributed by atoms with E-state index in [0.717, 1.165) is 5.56 Å². The van der Waals surface area contributed by atoms with Crippen molar-refractivity contribution in [1.29, 1.82) is 0 Å². The molecule has 0 spiro atoms. The lowest BCUT2D eigenvalue weighted by molar-refractivity contribution is -0.116. The molecule has 0 aliphatic carbocycles. The summed E-state index contributed by atoms with van der Waals surface area (Å²) in [6, 6.07) is 19.0. The number of ether oxygens (including phenoxy) is 1. The Kier molecular flexibility index (Phi) is 5.41. The van der Waals surface area contributed by atoms with Gasteiger partial charge in [0.25, 0.3) is 0 Å². The van der Waals surface area contributed by atoms with E-state index in [-0.39, 0.29) is 11.9 Å². The van der Waals surface area contributed by atoms with Crippen LogP contribution in [0.2, 0.25) is 5.02 Å². The lowest BCUT2D eigenvalue weighted by Crippen LogP contribution is -2.19. The second-order valence-corrected chi connectivity index (χ2v) is 6.07. The molecule has 0 bridgehead atoms. The van der Waals surface area contributed by atoms with Crippen LogP contribution in [0.1, 0.15) is 18.0 Å². The summed E-state index contributed by atoms with van der Waals surface area (Å²) >= 11 is 6.12. The molecule has 2 aromatic carbocycles. The molecule has 1 unspecified atom stereocenters. The van der Waals surface area contributed by atoms with Gasteiger partial charge in [0.05, 0.1) is 24.6 Å². The Bertz CT molecular complexity index is 832. The van der Waals surface area contributed by atoms with Crippen LogP contribution in [0.25, 0.3) is 0 Å². The van der Waals surface area contributed by atoms with Gasteiger partial charge in [-0.1, -0.05) is 41.9 Å². The lowest BCUT2D eigenvalue weighted by atomic mass is 10.0. The Morgan fingerprint density at radius 3 is 2.48 bits per heavy atom. The lowest BCUT2D eigenvalue weighted by Gasteiger charge is -2.19. The van der Waals surface area contributed by atoms with E-state index >= 15 is 0 Å². The minimum Gasteiger partial charge on any atom is -0.495 e. The van der Waals surface area contributed by atoms with Gasteiger partial charge in [0.15, 0.2) is 0 Å². The van der Waals surface area contributed by atoms with E-state index < -0.39 is 0 Å². The van der Waals surface area contributed by atoms with E-state index in [4.69, 9.17) is 16.3 Å². The fourth-order valence-electron chi connectivity index (χ4n) is 2.76. The van der Waals surface area contributed by atoms with Crippen LogP contribution >= 0.6 is 11.6 Å². The number of carbonyl (C=O) groups is 1. The van der Waals surface area contributed by atoms with Gasteiger partial charge in [-0.25, -0.2) is 0 Å². The molecule has 0 aliphatic rings. The van der Waals surface area contributed by atoms with Gasteiger partial charge < -0.3 is 14.6 Å². The Morgan fingerprint density at radius 2 is 1.84 bits per heavy atom. The van der Waals surface area contributed by atoms with E-state index in [1.807, 2.05) is 59.4 Å². The summed E-state index contributed by atoms with van der Waals surface area (Å²) in [5, 5.41) is 3.37. The minimum atomic E-state index is -0.0798. The maximum Gasteiger partial charge on any atom is 0.226 e. The third-order valence-electron chi connectivity index (χ3n) is 3.99. The largest absolute Gasteiger partial charge is 0.495 e. The molecule has 3 aromatic rings. The van der Waals surface area contributed by atoms with Crippen molar-refractivity contribution in [3.8, 4) is 5.75 Å². The number of hydrogen-bond acceptors (Lipinski definition) is 2. The average Bonchev–Trinajstić information content (AvgIpc) is 3.15. The number of nitrogens with zero attached hydrogens (tertiary/aromatic N) is 1. The zero-order valence-corrected chi connectivity index (χ0v) is 14.6. The summed E-state index contributed by atoms with van der Waals surface area (Å²) in [5.41, 5.74) is 1.73. The fraction of sp³-hybridized carbons (Fsp3) is 0.150. The van der Waals surface area contributed by atoms with Gasteiger partial charge in [-0.2, -0.15) is 0 Å². The normalized spacial score (nSPS) is 11.8. The monoisotopic (exact) mass is 354 g/mol. The molecule has 4 nitrogen and oxygen atoms in total. The molecule has 1 atom stereocenters. The third-order valence-corrected chi connectivity index (χ3v) is 4.28. The van der Waals surface area contributed by atoms with Crippen LogP contribution in [0.4, 0.5) is 5.69 Å². The molecule has 0 saturated heterocycles. The number of hydrogen-bond donors (Lipinski definition) is 1. The van der Waals surface area contributed by atoms with Crippen molar-refractivity contribution in [3.63, 3.8) is 0 Å². The second-order valence-electron chi connectivity index (χ2n) is 5.66. The van der Waals surface area contributed by atoms with Gasteiger partial charge in [0.1, 0.15) is 5.75 Å². The average molecular weight is 355 g/mol. The van der Waals surface area contributed by atoms with Crippen LogP contribution in [0.15, 0.2) is 73.1 Å². The van der Waals surface area contributed by atoms with E-state index in [1.165, 1.54) is 0 Å². The highest BCUT2D eigenvalue weighted by atomic mass is 35.5. The minimum absolute atomic E-state index is 0.0649. The molecule has 1 heterocycles. The summed E-state index contributed by atoms with van der Waals surface area (Å²) in [5.74, 6) is 0.498. The summed E-state index contributed by atoms with van der Waals surface area (Å²) in [4.78, 5) is 12.6. The molecule has 1 amide bonds. The van der Waals surface area contributed by atoms with Crippen LogP contribution in [0.3, 0.4) is 0 Å². The Hall–Kier alpha value is -2.72. The van der Waals surface area contributed by atoms with Crippen LogP contribution in [0, 0.1) is 0 Å². The maximum atomic E-state index is 12.6. The summed E-state index contributed by atoms with van der Waals surface area (Å²) in [6.45, 7) is 0. The van der Waals surface area contributed by atoms with Gasteiger partial charge in [-0.15, -0.1) is 0 Å². The molecule has 25 heavy (non-hydrogen) atoms. The Labute approximate surface area is 152 Å². The van der Waals surface area contributed by atoms with E-state index in [2.05, 4.69) is 5.32 Å². The fourth-order valence-corrected chi connectivity index (χ4v) is 3.02. The molecular formula is C20H19ClN2O2. The molecule has 128 valence electrons. The number of aromatic nitrogens is 1. The summed E-state index contributed by atoms with van der Waals surface area (Å²) in [6.07, 6.45) is 4.26. The third kappa shape index (κ3) is 4.22. The van der Waals surface area contributed by atoms with Crippen molar-refractivity contribution in [1.82, 2.24) is 4.57 Å². The smallest absolute Gasteiger partial charge is 0.226 e.